The number of hydrogen-bond acceptors (Lipinski definition) is 5. The number of piperazine rings is 1. The molecule has 1 aliphatic rings. The Balaban J connectivity index is 1.35. The average Bonchev–Trinajstić information content (AvgIpc) is 3.41. The fourth-order valence-corrected chi connectivity index (χ4v) is 5.11. The smallest absolute Gasteiger partial charge is 0.243 e. The molecule has 29 heavy (non-hydrogen) atoms. The molecule has 8 heteroatoms. The predicted molar refractivity (Wildman–Crippen MR) is 108 cm³/mol. The van der Waals surface area contributed by atoms with Crippen molar-refractivity contribution in [3.05, 3.63) is 60.0 Å². The summed E-state index contributed by atoms with van der Waals surface area (Å²) in [4.78, 5) is 1.66. The summed E-state index contributed by atoms with van der Waals surface area (Å²) in [5, 5.41) is 4.12. The molecule has 0 atom stereocenters. The van der Waals surface area contributed by atoms with Crippen LogP contribution >= 0.6 is 0 Å². The fourth-order valence-electron chi connectivity index (χ4n) is 3.67. The number of benzene rings is 1. The normalized spacial score (nSPS) is 16.3. The highest BCUT2D eigenvalue weighted by Gasteiger charge is 2.30. The molecule has 1 fully saturated rings. The van der Waals surface area contributed by atoms with E-state index in [2.05, 4.69) is 12.1 Å². The predicted octanol–water partition coefficient (Wildman–Crippen LogP) is 1.98. The van der Waals surface area contributed by atoms with Crippen LogP contribution in [0.1, 0.15) is 24.6 Å². The van der Waals surface area contributed by atoms with E-state index in [0.29, 0.717) is 36.1 Å². The lowest BCUT2D eigenvalue weighted by molar-refractivity contribution is -0.917. The molecule has 0 radical (unpaired) electrons. The Morgan fingerprint density at radius 2 is 1.86 bits per heavy atom. The first-order valence-electron chi connectivity index (χ1n) is 9.98. The molecule has 0 bridgehead atoms. The zero-order chi connectivity index (χ0) is 20.3. The molecule has 0 unspecified atom stereocenters. The van der Waals surface area contributed by atoms with Crippen molar-refractivity contribution in [2.75, 3.05) is 26.2 Å². The van der Waals surface area contributed by atoms with Crippen LogP contribution in [0.3, 0.4) is 0 Å². The van der Waals surface area contributed by atoms with Crippen LogP contribution in [0.4, 0.5) is 0 Å². The summed E-state index contributed by atoms with van der Waals surface area (Å²) in [5.74, 6) is 1.26. The summed E-state index contributed by atoms with van der Waals surface area (Å²) in [5.41, 5.74) is 2.01. The van der Waals surface area contributed by atoms with Crippen LogP contribution in [0, 0.1) is 0 Å². The van der Waals surface area contributed by atoms with Gasteiger partial charge in [-0.3, -0.25) is 0 Å². The third-order valence-corrected chi connectivity index (χ3v) is 7.20. The van der Waals surface area contributed by atoms with Gasteiger partial charge in [-0.1, -0.05) is 30.6 Å². The highest BCUT2D eigenvalue weighted by Crippen LogP contribution is 2.20. The van der Waals surface area contributed by atoms with Gasteiger partial charge >= 0.3 is 0 Å². The molecule has 3 aromatic rings. The van der Waals surface area contributed by atoms with Gasteiger partial charge in [0.05, 0.1) is 37.3 Å². The average molecular weight is 417 g/mol. The van der Waals surface area contributed by atoms with Gasteiger partial charge < -0.3 is 13.8 Å². The minimum Gasteiger partial charge on any atom is -0.461 e. The molecule has 3 heterocycles. The molecule has 1 aromatic carbocycles. The van der Waals surface area contributed by atoms with Crippen LogP contribution < -0.4 is 4.90 Å². The molecular formula is C21H26N3O4S+. The van der Waals surface area contributed by atoms with Crippen molar-refractivity contribution in [2.45, 2.75) is 31.2 Å². The molecule has 1 aliphatic heterocycles. The van der Waals surface area contributed by atoms with Crippen LogP contribution in [0.25, 0.3) is 11.5 Å². The van der Waals surface area contributed by atoms with Gasteiger partial charge in [0.1, 0.15) is 12.2 Å². The standard InChI is InChI=1S/C21H25N3O4S/c1-2-4-17-6-8-19(9-7-17)29(25,26)24-12-10-23(11-13-24)16-18-15-21(28-22-18)20-5-3-14-27-20/h3,5-9,14-15H,2,4,10-13,16H2,1H3/p+1. The molecule has 1 N–H and O–H groups in total. The van der Waals surface area contributed by atoms with E-state index >= 15 is 0 Å². The molecule has 0 aliphatic carbocycles. The van der Waals surface area contributed by atoms with Gasteiger partial charge in [0.2, 0.25) is 15.8 Å². The van der Waals surface area contributed by atoms with E-state index < -0.39 is 10.0 Å². The van der Waals surface area contributed by atoms with E-state index in [1.54, 1.807) is 28.8 Å². The van der Waals surface area contributed by atoms with E-state index in [9.17, 15) is 8.42 Å². The summed E-state index contributed by atoms with van der Waals surface area (Å²) in [6.07, 6.45) is 3.61. The zero-order valence-corrected chi connectivity index (χ0v) is 17.3. The molecular weight excluding hydrogens is 390 g/mol. The number of quaternary nitrogens is 1. The minimum absolute atomic E-state index is 0.375. The van der Waals surface area contributed by atoms with Crippen molar-refractivity contribution in [1.29, 1.82) is 0 Å². The van der Waals surface area contributed by atoms with Crippen LogP contribution in [0.5, 0.6) is 0 Å². The second kappa shape index (κ2) is 8.52. The van der Waals surface area contributed by atoms with Gasteiger partial charge in [-0.05, 0) is 36.2 Å². The molecule has 2 aromatic heterocycles. The second-order valence-corrected chi connectivity index (χ2v) is 9.32. The summed E-state index contributed by atoms with van der Waals surface area (Å²) < 4.78 is 38.1. The van der Waals surface area contributed by atoms with Crippen LogP contribution in [0.2, 0.25) is 0 Å². The van der Waals surface area contributed by atoms with E-state index in [4.69, 9.17) is 8.94 Å². The third kappa shape index (κ3) is 4.44. The van der Waals surface area contributed by atoms with Crippen molar-refractivity contribution in [3.8, 4) is 11.5 Å². The quantitative estimate of drug-likeness (QED) is 0.637. The summed E-state index contributed by atoms with van der Waals surface area (Å²) in [6.45, 7) is 5.27. The van der Waals surface area contributed by atoms with Crippen LogP contribution in [-0.4, -0.2) is 44.1 Å². The molecule has 0 spiro atoms. The molecule has 154 valence electrons. The Morgan fingerprint density at radius 3 is 2.52 bits per heavy atom. The number of sulfonamides is 1. The third-order valence-electron chi connectivity index (χ3n) is 5.28. The molecule has 1 saturated heterocycles. The number of aryl methyl sites for hydroxylation is 1. The van der Waals surface area contributed by atoms with Gasteiger partial charge in [-0.15, -0.1) is 0 Å². The number of furan rings is 1. The first kappa shape index (κ1) is 19.9. The lowest BCUT2D eigenvalue weighted by atomic mass is 10.1. The maximum Gasteiger partial charge on any atom is 0.243 e. The van der Waals surface area contributed by atoms with Gasteiger partial charge in [-0.25, -0.2) is 8.42 Å². The maximum absolute atomic E-state index is 12.9. The van der Waals surface area contributed by atoms with E-state index in [-0.39, 0.29) is 0 Å². The first-order valence-corrected chi connectivity index (χ1v) is 11.4. The Hall–Kier alpha value is -2.42. The van der Waals surface area contributed by atoms with Gasteiger partial charge in [0.15, 0.2) is 5.76 Å². The lowest BCUT2D eigenvalue weighted by Crippen LogP contribution is -3.13. The SMILES string of the molecule is CCCc1ccc(S(=O)(=O)N2CC[NH+](Cc3cc(-c4ccco4)on3)CC2)cc1. The Bertz CT molecular complexity index is 1020. The first-order chi connectivity index (χ1) is 14.1. The topological polar surface area (TPSA) is 81.0 Å². The Labute approximate surface area is 170 Å². The number of aromatic nitrogens is 1. The number of nitrogens with zero attached hydrogens (tertiary/aromatic N) is 2. The van der Waals surface area contributed by atoms with Crippen molar-refractivity contribution in [3.63, 3.8) is 0 Å². The maximum atomic E-state index is 12.9. The number of hydrogen-bond donors (Lipinski definition) is 1. The van der Waals surface area contributed by atoms with Gasteiger partial charge in [0, 0.05) is 6.07 Å². The highest BCUT2D eigenvalue weighted by molar-refractivity contribution is 7.89. The lowest BCUT2D eigenvalue weighted by Gasteiger charge is -2.31. The van der Waals surface area contributed by atoms with Crippen LogP contribution in [0.15, 0.2) is 62.6 Å². The summed E-state index contributed by atoms with van der Waals surface area (Å²) >= 11 is 0. The molecule has 7 nitrogen and oxygen atoms in total. The molecule has 4 rings (SSSR count). The monoisotopic (exact) mass is 416 g/mol. The van der Waals surface area contributed by atoms with Gasteiger partial charge in [0.25, 0.3) is 0 Å². The van der Waals surface area contributed by atoms with E-state index in [1.807, 2.05) is 24.3 Å². The van der Waals surface area contributed by atoms with Crippen molar-refractivity contribution >= 4 is 10.0 Å². The fraction of sp³-hybridized carbons (Fsp3) is 0.381. The highest BCUT2D eigenvalue weighted by atomic mass is 32.2. The van der Waals surface area contributed by atoms with Crippen molar-refractivity contribution in [1.82, 2.24) is 9.46 Å². The minimum atomic E-state index is -3.44. The number of nitrogens with one attached hydrogen (secondary N) is 1. The summed E-state index contributed by atoms with van der Waals surface area (Å²) in [7, 11) is -3.44. The Morgan fingerprint density at radius 1 is 1.10 bits per heavy atom. The molecule has 0 saturated carbocycles. The Kier molecular flexibility index (Phi) is 5.84. The van der Waals surface area contributed by atoms with E-state index in [1.165, 1.54) is 10.5 Å². The summed E-state index contributed by atoms with van der Waals surface area (Å²) in [6, 6.07) is 12.8. The number of rotatable bonds is 7. The van der Waals surface area contributed by atoms with Crippen molar-refractivity contribution in [2.24, 2.45) is 0 Å². The zero-order valence-electron chi connectivity index (χ0n) is 16.5. The molecule has 0 amide bonds. The van der Waals surface area contributed by atoms with Crippen LogP contribution in [-0.2, 0) is 23.0 Å². The van der Waals surface area contributed by atoms with Crippen molar-refractivity contribution < 1.29 is 22.3 Å². The largest absolute Gasteiger partial charge is 0.461 e. The second-order valence-electron chi connectivity index (χ2n) is 7.38. The van der Waals surface area contributed by atoms with Gasteiger partial charge in [-0.2, -0.15) is 4.31 Å². The van der Waals surface area contributed by atoms with E-state index in [0.717, 1.165) is 31.6 Å².